The van der Waals surface area contributed by atoms with E-state index in [0.717, 1.165) is 17.8 Å². The van der Waals surface area contributed by atoms with Crippen LogP contribution in [-0.4, -0.2) is 30.6 Å². The number of halogens is 4. The molecule has 0 radical (unpaired) electrons. The first-order valence-corrected chi connectivity index (χ1v) is 10.1. The van der Waals surface area contributed by atoms with Crippen LogP contribution in [0, 0.1) is 5.82 Å². The Labute approximate surface area is 191 Å². The molecule has 0 aliphatic rings. The molecule has 0 spiro atoms. The number of pyridine rings is 1. The third-order valence-corrected chi connectivity index (χ3v) is 4.91. The number of aryl methyl sites for hydroxylation is 1. The average molecular weight is 470 g/mol. The normalized spacial score (nSPS) is 11.4. The molecule has 3 heterocycles. The van der Waals surface area contributed by atoms with E-state index in [1.807, 2.05) is 13.2 Å². The number of carbonyl (C=O) groups excluding carboxylic acids is 1. The van der Waals surface area contributed by atoms with Crippen LogP contribution in [0.1, 0.15) is 22.5 Å². The van der Waals surface area contributed by atoms with Gasteiger partial charge in [-0.2, -0.15) is 18.3 Å². The third kappa shape index (κ3) is 5.61. The molecule has 7 nitrogen and oxygen atoms in total. The highest BCUT2D eigenvalue weighted by Gasteiger charge is 2.31. The van der Waals surface area contributed by atoms with E-state index >= 15 is 0 Å². The summed E-state index contributed by atoms with van der Waals surface area (Å²) in [5.74, 6) is -0.709. The second-order valence-corrected chi connectivity index (χ2v) is 7.58. The van der Waals surface area contributed by atoms with Crippen molar-refractivity contribution in [3.05, 3.63) is 89.8 Å². The Kier molecular flexibility index (Phi) is 6.35. The number of rotatable bonds is 6. The standard InChI is InChI=1S/C23H18F4N6O/c1-33-13-14(8-31-33)4-21-29-9-17(10-30-21)15-2-3-16(20(24)5-15)6-22(34)32-19-7-18(11-28-12-19)23(25,26)27/h2-3,5,7-13H,4,6H2,1H3,(H,32,34). The summed E-state index contributed by atoms with van der Waals surface area (Å²) in [5.41, 5.74) is 1.06. The molecule has 0 atom stereocenters. The van der Waals surface area contributed by atoms with E-state index in [1.54, 1.807) is 29.3 Å². The van der Waals surface area contributed by atoms with Crippen LogP contribution in [0.5, 0.6) is 0 Å². The Morgan fingerprint density at radius 1 is 1.03 bits per heavy atom. The van der Waals surface area contributed by atoms with E-state index in [4.69, 9.17) is 0 Å². The molecule has 1 amide bonds. The van der Waals surface area contributed by atoms with Crippen molar-refractivity contribution in [1.82, 2.24) is 24.7 Å². The summed E-state index contributed by atoms with van der Waals surface area (Å²) in [4.78, 5) is 24.3. The molecule has 0 aliphatic heterocycles. The molecule has 0 bridgehead atoms. The zero-order valence-electron chi connectivity index (χ0n) is 17.8. The van der Waals surface area contributed by atoms with Gasteiger partial charge in [-0.15, -0.1) is 0 Å². The second kappa shape index (κ2) is 9.38. The van der Waals surface area contributed by atoms with Crippen LogP contribution >= 0.6 is 0 Å². The number of hydrogen-bond donors (Lipinski definition) is 1. The lowest BCUT2D eigenvalue weighted by Gasteiger charge is -2.10. The zero-order chi connectivity index (χ0) is 24.3. The fraction of sp³-hybridized carbons (Fsp3) is 0.174. The predicted molar refractivity (Wildman–Crippen MR) is 115 cm³/mol. The van der Waals surface area contributed by atoms with Gasteiger partial charge < -0.3 is 5.32 Å². The Balaban J connectivity index is 1.41. The minimum absolute atomic E-state index is 0.0929. The van der Waals surface area contributed by atoms with Gasteiger partial charge in [0.2, 0.25) is 5.91 Å². The third-order valence-electron chi connectivity index (χ3n) is 4.91. The summed E-state index contributed by atoms with van der Waals surface area (Å²) in [7, 11) is 1.82. The molecule has 11 heteroatoms. The summed E-state index contributed by atoms with van der Waals surface area (Å²) >= 11 is 0. The maximum Gasteiger partial charge on any atom is 0.417 e. The summed E-state index contributed by atoms with van der Waals surface area (Å²) in [5, 5.41) is 6.41. The van der Waals surface area contributed by atoms with E-state index in [2.05, 4.69) is 25.4 Å². The molecule has 4 rings (SSSR count). The summed E-state index contributed by atoms with van der Waals surface area (Å²) < 4.78 is 54.7. The second-order valence-electron chi connectivity index (χ2n) is 7.58. The molecular weight excluding hydrogens is 452 g/mol. The Morgan fingerprint density at radius 3 is 2.44 bits per heavy atom. The zero-order valence-corrected chi connectivity index (χ0v) is 17.8. The highest BCUT2D eigenvalue weighted by molar-refractivity contribution is 5.92. The topological polar surface area (TPSA) is 85.6 Å². The van der Waals surface area contributed by atoms with Crippen molar-refractivity contribution in [1.29, 1.82) is 0 Å². The number of aromatic nitrogens is 5. The van der Waals surface area contributed by atoms with Gasteiger partial charge in [0.15, 0.2) is 0 Å². The van der Waals surface area contributed by atoms with Gasteiger partial charge in [0.05, 0.1) is 30.1 Å². The first-order valence-electron chi connectivity index (χ1n) is 10.1. The first-order chi connectivity index (χ1) is 16.2. The molecule has 4 aromatic rings. The summed E-state index contributed by atoms with van der Waals surface area (Å²) in [6.45, 7) is 0. The maximum atomic E-state index is 14.6. The van der Waals surface area contributed by atoms with Gasteiger partial charge in [-0.1, -0.05) is 12.1 Å². The fourth-order valence-corrected chi connectivity index (χ4v) is 3.25. The summed E-state index contributed by atoms with van der Waals surface area (Å²) in [6.07, 6.45) is 4.07. The van der Waals surface area contributed by atoms with Crippen LogP contribution in [-0.2, 0) is 30.9 Å². The Bertz CT molecular complexity index is 1320. The van der Waals surface area contributed by atoms with Gasteiger partial charge in [-0.25, -0.2) is 14.4 Å². The van der Waals surface area contributed by atoms with Gasteiger partial charge in [-0.05, 0) is 28.8 Å². The lowest BCUT2D eigenvalue weighted by Crippen LogP contribution is -2.16. The Morgan fingerprint density at radius 2 is 1.79 bits per heavy atom. The SMILES string of the molecule is Cn1cc(Cc2ncc(-c3ccc(CC(=O)Nc4cncc(C(F)(F)F)c4)c(F)c3)cn2)cn1. The van der Waals surface area contributed by atoms with Crippen LogP contribution in [0.25, 0.3) is 11.1 Å². The van der Waals surface area contributed by atoms with Crippen LogP contribution in [0.2, 0.25) is 0 Å². The highest BCUT2D eigenvalue weighted by Crippen LogP contribution is 2.30. The van der Waals surface area contributed by atoms with E-state index < -0.39 is 23.5 Å². The van der Waals surface area contributed by atoms with Crippen molar-refractivity contribution in [3.63, 3.8) is 0 Å². The molecule has 0 fully saturated rings. The number of hydrogen-bond acceptors (Lipinski definition) is 5. The van der Waals surface area contributed by atoms with Crippen molar-refractivity contribution < 1.29 is 22.4 Å². The highest BCUT2D eigenvalue weighted by atomic mass is 19.4. The summed E-state index contributed by atoms with van der Waals surface area (Å²) in [6, 6.07) is 5.09. The fourth-order valence-electron chi connectivity index (χ4n) is 3.25. The van der Waals surface area contributed by atoms with Crippen molar-refractivity contribution >= 4 is 11.6 Å². The number of amides is 1. The van der Waals surface area contributed by atoms with Gasteiger partial charge in [0, 0.05) is 43.8 Å². The van der Waals surface area contributed by atoms with Crippen LogP contribution in [0.3, 0.4) is 0 Å². The number of alkyl halides is 3. The van der Waals surface area contributed by atoms with Crippen molar-refractivity contribution in [2.24, 2.45) is 7.05 Å². The molecule has 0 saturated heterocycles. The monoisotopic (exact) mass is 470 g/mol. The number of nitrogens with one attached hydrogen (secondary N) is 1. The molecule has 0 unspecified atom stereocenters. The van der Waals surface area contributed by atoms with Gasteiger partial charge in [0.25, 0.3) is 0 Å². The number of nitrogens with zero attached hydrogens (tertiary/aromatic N) is 5. The van der Waals surface area contributed by atoms with Gasteiger partial charge >= 0.3 is 6.18 Å². The van der Waals surface area contributed by atoms with Crippen molar-refractivity contribution in [3.8, 4) is 11.1 Å². The van der Waals surface area contributed by atoms with E-state index in [9.17, 15) is 22.4 Å². The van der Waals surface area contributed by atoms with Crippen LogP contribution in [0.15, 0.2) is 61.4 Å². The van der Waals surface area contributed by atoms with E-state index in [-0.39, 0.29) is 17.7 Å². The average Bonchev–Trinajstić information content (AvgIpc) is 3.20. The first kappa shape index (κ1) is 23.0. The van der Waals surface area contributed by atoms with Crippen molar-refractivity contribution in [2.45, 2.75) is 19.0 Å². The lowest BCUT2D eigenvalue weighted by atomic mass is 10.0. The predicted octanol–water partition coefficient (Wildman–Crippen LogP) is 4.20. The number of benzene rings is 1. The van der Waals surface area contributed by atoms with E-state index in [0.29, 0.717) is 29.6 Å². The quantitative estimate of drug-likeness (QED) is 0.427. The van der Waals surface area contributed by atoms with Crippen LogP contribution < -0.4 is 5.32 Å². The largest absolute Gasteiger partial charge is 0.417 e. The minimum Gasteiger partial charge on any atom is -0.324 e. The molecule has 0 saturated carbocycles. The molecule has 3 aromatic heterocycles. The molecular formula is C23H18F4N6O. The number of carbonyl (C=O) groups is 1. The van der Waals surface area contributed by atoms with Crippen molar-refractivity contribution in [2.75, 3.05) is 5.32 Å². The van der Waals surface area contributed by atoms with Gasteiger partial charge in [0.1, 0.15) is 11.6 Å². The Hall–Kier alpha value is -4.15. The van der Waals surface area contributed by atoms with E-state index in [1.165, 1.54) is 12.1 Å². The lowest BCUT2D eigenvalue weighted by molar-refractivity contribution is -0.137. The molecule has 34 heavy (non-hydrogen) atoms. The molecule has 0 aliphatic carbocycles. The maximum absolute atomic E-state index is 14.6. The molecule has 1 aromatic carbocycles. The smallest absolute Gasteiger partial charge is 0.324 e. The molecule has 174 valence electrons. The van der Waals surface area contributed by atoms with Crippen LogP contribution in [0.4, 0.5) is 23.2 Å². The number of anilines is 1. The minimum atomic E-state index is -4.59. The van der Waals surface area contributed by atoms with Gasteiger partial charge in [-0.3, -0.25) is 14.5 Å². The molecule has 1 N–H and O–H groups in total.